The minimum Gasteiger partial charge on any atom is -0.306 e. The van der Waals surface area contributed by atoms with Crippen LogP contribution in [0.1, 0.15) is 23.3 Å². The first-order valence-electron chi connectivity index (χ1n) is 6.59. The molecule has 3 rings (SSSR count). The van der Waals surface area contributed by atoms with Gasteiger partial charge >= 0.3 is 0 Å². The van der Waals surface area contributed by atoms with Crippen LogP contribution in [-0.2, 0) is 9.05 Å². The lowest BCUT2D eigenvalue weighted by Crippen LogP contribution is -2.35. The van der Waals surface area contributed by atoms with E-state index in [4.69, 9.17) is 10.7 Å². The zero-order valence-electron chi connectivity index (χ0n) is 11.3. The lowest BCUT2D eigenvalue weighted by molar-refractivity contribution is 0.0859. The maximum Gasteiger partial charge on any atom is 0.264 e. The molecule has 1 aliphatic rings. The number of hydrogen-bond acceptors (Lipinski definition) is 5. The van der Waals surface area contributed by atoms with Crippen LogP contribution in [0.3, 0.4) is 0 Å². The van der Waals surface area contributed by atoms with Crippen LogP contribution in [0.5, 0.6) is 0 Å². The van der Waals surface area contributed by atoms with Crippen molar-refractivity contribution in [3.63, 3.8) is 0 Å². The third kappa shape index (κ3) is 2.56. The number of rotatable bonds is 2. The van der Waals surface area contributed by atoms with Crippen LogP contribution in [0.2, 0.25) is 0 Å². The smallest absolute Gasteiger partial charge is 0.264 e. The van der Waals surface area contributed by atoms with E-state index in [1.807, 2.05) is 0 Å². The van der Waals surface area contributed by atoms with E-state index < -0.39 is 9.05 Å². The van der Waals surface area contributed by atoms with E-state index in [0.29, 0.717) is 16.6 Å². The number of benzene rings is 1. The average Bonchev–Trinajstić information content (AvgIpc) is 3.05. The molecule has 1 fully saturated rings. The zero-order valence-corrected chi connectivity index (χ0v) is 12.9. The molecule has 1 aromatic carbocycles. The third-order valence-electron chi connectivity index (χ3n) is 3.68. The molecule has 112 valence electrons. The summed E-state index contributed by atoms with van der Waals surface area (Å²) in [6, 6.07) is 4.17. The van der Waals surface area contributed by atoms with Gasteiger partial charge in [0.1, 0.15) is 0 Å². The molecule has 1 aliphatic heterocycles. The molecule has 1 saturated heterocycles. The van der Waals surface area contributed by atoms with Crippen LogP contribution < -0.4 is 5.32 Å². The highest BCUT2D eigenvalue weighted by molar-refractivity contribution is 8.13. The van der Waals surface area contributed by atoms with Gasteiger partial charge in [0, 0.05) is 16.1 Å². The molecule has 0 amide bonds. The Morgan fingerprint density at radius 1 is 1.48 bits per heavy atom. The highest BCUT2D eigenvalue weighted by Crippen LogP contribution is 2.25. The molecule has 1 atom stereocenters. The molecule has 0 spiro atoms. The van der Waals surface area contributed by atoms with Crippen molar-refractivity contribution in [3.8, 4) is 0 Å². The normalized spacial score (nSPS) is 19.2. The van der Waals surface area contributed by atoms with Crippen molar-refractivity contribution in [1.82, 2.24) is 15.1 Å². The number of halogens is 1. The largest absolute Gasteiger partial charge is 0.306 e. The van der Waals surface area contributed by atoms with Gasteiger partial charge in [-0.15, -0.1) is 0 Å². The SMILES string of the molecule is Cc1nn(C(=O)C2CCCN2)c2ccc(S(=O)(=O)Cl)cc12. The molecular weight excluding hydrogens is 314 g/mol. The second kappa shape index (κ2) is 5.08. The number of carbonyl (C=O) groups excluding carboxylic acids is 1. The monoisotopic (exact) mass is 327 g/mol. The number of aryl methyl sites for hydroxylation is 1. The lowest BCUT2D eigenvalue weighted by Gasteiger charge is -2.09. The predicted octanol–water partition coefficient (Wildman–Crippen LogP) is 1.66. The minimum atomic E-state index is -3.80. The van der Waals surface area contributed by atoms with Crippen molar-refractivity contribution in [2.45, 2.75) is 30.7 Å². The number of nitrogens with zero attached hydrogens (tertiary/aromatic N) is 2. The third-order valence-corrected chi connectivity index (χ3v) is 5.04. The standard InChI is InChI=1S/C13H14ClN3O3S/c1-8-10-7-9(21(14,19)20)4-5-12(10)17(16-8)13(18)11-3-2-6-15-11/h4-5,7,11,15H,2-3,6H2,1H3. The molecule has 0 saturated carbocycles. The molecule has 6 nitrogen and oxygen atoms in total. The van der Waals surface area contributed by atoms with Crippen molar-refractivity contribution >= 4 is 36.5 Å². The van der Waals surface area contributed by atoms with Crippen molar-refractivity contribution < 1.29 is 13.2 Å². The molecule has 8 heteroatoms. The van der Waals surface area contributed by atoms with Crippen LogP contribution in [0.4, 0.5) is 0 Å². The van der Waals surface area contributed by atoms with E-state index in [0.717, 1.165) is 19.4 Å². The Bertz CT molecular complexity index is 823. The zero-order chi connectivity index (χ0) is 15.2. The van der Waals surface area contributed by atoms with E-state index >= 15 is 0 Å². The molecule has 0 aliphatic carbocycles. The van der Waals surface area contributed by atoms with Crippen LogP contribution in [0.25, 0.3) is 10.9 Å². The van der Waals surface area contributed by atoms with Gasteiger partial charge in [0.2, 0.25) is 0 Å². The highest BCUT2D eigenvalue weighted by atomic mass is 35.7. The molecule has 21 heavy (non-hydrogen) atoms. The molecule has 1 N–H and O–H groups in total. The van der Waals surface area contributed by atoms with Crippen LogP contribution in [0.15, 0.2) is 23.1 Å². The van der Waals surface area contributed by atoms with Gasteiger partial charge in [0.15, 0.2) is 0 Å². The van der Waals surface area contributed by atoms with E-state index in [1.54, 1.807) is 13.0 Å². The Labute approximate surface area is 126 Å². The maximum absolute atomic E-state index is 12.4. The van der Waals surface area contributed by atoms with E-state index in [2.05, 4.69) is 10.4 Å². The van der Waals surface area contributed by atoms with Gasteiger partial charge in [-0.2, -0.15) is 9.78 Å². The van der Waals surface area contributed by atoms with Gasteiger partial charge in [-0.3, -0.25) is 4.79 Å². The van der Waals surface area contributed by atoms with Gasteiger partial charge in [0.25, 0.3) is 15.0 Å². The second-order valence-corrected chi connectivity index (χ2v) is 7.67. The molecular formula is C13H14ClN3O3S. The van der Waals surface area contributed by atoms with Crippen LogP contribution in [0, 0.1) is 6.92 Å². The first-order chi connectivity index (χ1) is 9.88. The predicted molar refractivity (Wildman–Crippen MR) is 79.2 cm³/mol. The average molecular weight is 328 g/mol. The fourth-order valence-corrected chi connectivity index (χ4v) is 3.39. The van der Waals surface area contributed by atoms with Crippen molar-refractivity contribution in [2.75, 3.05) is 6.54 Å². The molecule has 2 heterocycles. The summed E-state index contributed by atoms with van der Waals surface area (Å²) >= 11 is 0. The summed E-state index contributed by atoms with van der Waals surface area (Å²) in [5.74, 6) is -0.118. The van der Waals surface area contributed by atoms with Gasteiger partial charge < -0.3 is 5.32 Å². The fourth-order valence-electron chi connectivity index (χ4n) is 2.61. The number of aromatic nitrogens is 2. The number of carbonyl (C=O) groups is 1. The van der Waals surface area contributed by atoms with E-state index in [9.17, 15) is 13.2 Å². The maximum atomic E-state index is 12.4. The van der Waals surface area contributed by atoms with Crippen molar-refractivity contribution in [2.24, 2.45) is 0 Å². The number of fused-ring (bicyclic) bond motifs is 1. The van der Waals surface area contributed by atoms with Crippen molar-refractivity contribution in [3.05, 3.63) is 23.9 Å². The number of nitrogens with one attached hydrogen (secondary N) is 1. The minimum absolute atomic E-state index is 0.00533. The Hall–Kier alpha value is -1.44. The summed E-state index contributed by atoms with van der Waals surface area (Å²) in [5, 5.41) is 8.00. The molecule has 0 radical (unpaired) electrons. The highest BCUT2D eigenvalue weighted by Gasteiger charge is 2.26. The fraction of sp³-hybridized carbons (Fsp3) is 0.385. The van der Waals surface area contributed by atoms with Crippen LogP contribution >= 0.6 is 10.7 Å². The Kier molecular flexibility index (Phi) is 3.51. The number of hydrogen-bond donors (Lipinski definition) is 1. The second-order valence-electron chi connectivity index (χ2n) is 5.10. The summed E-state index contributed by atoms with van der Waals surface area (Å²) in [7, 11) is 1.55. The van der Waals surface area contributed by atoms with Gasteiger partial charge in [0.05, 0.1) is 22.1 Å². The van der Waals surface area contributed by atoms with E-state index in [1.165, 1.54) is 16.8 Å². The Morgan fingerprint density at radius 2 is 2.24 bits per heavy atom. The molecule has 2 aromatic rings. The van der Waals surface area contributed by atoms with Gasteiger partial charge in [-0.25, -0.2) is 8.42 Å². The first-order valence-corrected chi connectivity index (χ1v) is 8.90. The molecule has 1 unspecified atom stereocenters. The molecule has 0 bridgehead atoms. The quantitative estimate of drug-likeness (QED) is 0.848. The van der Waals surface area contributed by atoms with Crippen molar-refractivity contribution in [1.29, 1.82) is 0 Å². The lowest BCUT2D eigenvalue weighted by atomic mass is 10.2. The summed E-state index contributed by atoms with van der Waals surface area (Å²) < 4.78 is 24.1. The summed E-state index contributed by atoms with van der Waals surface area (Å²) in [5.41, 5.74) is 1.19. The van der Waals surface area contributed by atoms with Gasteiger partial charge in [-0.1, -0.05) is 0 Å². The summed E-state index contributed by atoms with van der Waals surface area (Å²) in [4.78, 5) is 12.5. The van der Waals surface area contributed by atoms with E-state index in [-0.39, 0.29) is 16.8 Å². The topological polar surface area (TPSA) is 81.1 Å². The first kappa shape index (κ1) is 14.5. The van der Waals surface area contributed by atoms with Crippen LogP contribution in [-0.4, -0.2) is 36.7 Å². The Balaban J connectivity index is 2.11. The van der Waals surface area contributed by atoms with Gasteiger partial charge in [-0.05, 0) is 44.5 Å². The summed E-state index contributed by atoms with van der Waals surface area (Å²) in [6.07, 6.45) is 1.75. The molecule has 1 aromatic heterocycles. The Morgan fingerprint density at radius 3 is 2.86 bits per heavy atom. The summed E-state index contributed by atoms with van der Waals surface area (Å²) in [6.45, 7) is 2.56.